The van der Waals surface area contributed by atoms with Crippen molar-refractivity contribution >= 4 is 23.0 Å². The average molecular weight is 404 g/mol. The van der Waals surface area contributed by atoms with E-state index >= 15 is 0 Å². The molecule has 2 aromatic rings. The molecule has 1 aromatic heterocycles. The van der Waals surface area contributed by atoms with Gasteiger partial charge in [0.2, 0.25) is 0 Å². The van der Waals surface area contributed by atoms with Crippen LogP contribution in [0.15, 0.2) is 23.1 Å². The smallest absolute Gasteiger partial charge is 0.115 e. The summed E-state index contributed by atoms with van der Waals surface area (Å²) < 4.78 is 10.4. The highest BCUT2D eigenvalue weighted by Crippen LogP contribution is 2.32. The molecule has 0 bridgehead atoms. The first-order valence-corrected chi connectivity index (χ1v) is 11.5. The third kappa shape index (κ3) is 5.52. The number of hydrogen-bond donors (Lipinski definition) is 0. The van der Waals surface area contributed by atoms with Gasteiger partial charge in [0.05, 0.1) is 11.0 Å². The maximum absolute atomic E-state index is 5.56. The van der Waals surface area contributed by atoms with Crippen LogP contribution in [0.3, 0.4) is 0 Å². The van der Waals surface area contributed by atoms with Crippen LogP contribution >= 0.6 is 11.9 Å². The lowest BCUT2D eigenvalue weighted by Crippen LogP contribution is -2.25. The zero-order valence-electron chi connectivity index (χ0n) is 18.5. The van der Waals surface area contributed by atoms with Crippen LogP contribution in [-0.2, 0) is 16.7 Å². The van der Waals surface area contributed by atoms with Crippen LogP contribution in [0.4, 0.5) is 0 Å². The van der Waals surface area contributed by atoms with Gasteiger partial charge in [-0.15, -0.1) is 0 Å². The fourth-order valence-electron chi connectivity index (χ4n) is 3.78. The van der Waals surface area contributed by atoms with Crippen LogP contribution < -0.4 is 0 Å². The predicted octanol–water partition coefficient (Wildman–Crippen LogP) is 5.75. The SMILES string of the molecule is CC(C)CCN(C)Sc1ccc2c(c1)nc(C(C)(C)C)n2CC1CCOCC1. The molecule has 1 fully saturated rings. The molecule has 0 aliphatic carbocycles. The fourth-order valence-corrected chi connectivity index (χ4v) is 4.63. The third-order valence-corrected chi connectivity index (χ3v) is 6.41. The van der Waals surface area contributed by atoms with Crippen molar-refractivity contribution in [2.75, 3.05) is 26.8 Å². The standard InChI is InChI=1S/C23H37N3OS/c1-17(2)9-12-25(6)28-19-7-8-21-20(15-19)24-22(23(3,4)5)26(21)16-18-10-13-27-14-11-18/h7-8,15,17-18H,9-14,16H2,1-6H3. The van der Waals surface area contributed by atoms with Crippen molar-refractivity contribution in [3.05, 3.63) is 24.0 Å². The summed E-state index contributed by atoms with van der Waals surface area (Å²) in [4.78, 5) is 6.36. The Hall–Kier alpha value is -1.04. The lowest BCUT2D eigenvalue weighted by molar-refractivity contribution is 0.0611. The quantitative estimate of drug-likeness (QED) is 0.551. The highest BCUT2D eigenvalue weighted by molar-refractivity contribution is 7.97. The monoisotopic (exact) mass is 403 g/mol. The molecule has 0 atom stereocenters. The lowest BCUT2D eigenvalue weighted by Gasteiger charge is -2.26. The predicted molar refractivity (Wildman–Crippen MR) is 120 cm³/mol. The van der Waals surface area contributed by atoms with Gasteiger partial charge in [-0.2, -0.15) is 0 Å². The van der Waals surface area contributed by atoms with Gasteiger partial charge in [0, 0.05) is 36.6 Å². The Balaban J connectivity index is 1.85. The largest absolute Gasteiger partial charge is 0.381 e. The van der Waals surface area contributed by atoms with Gasteiger partial charge in [-0.1, -0.05) is 34.6 Å². The van der Waals surface area contributed by atoms with Gasteiger partial charge in [0.25, 0.3) is 0 Å². The van der Waals surface area contributed by atoms with Crippen LogP contribution in [0.5, 0.6) is 0 Å². The van der Waals surface area contributed by atoms with Crippen LogP contribution in [0.25, 0.3) is 11.0 Å². The van der Waals surface area contributed by atoms with Gasteiger partial charge in [0.1, 0.15) is 5.82 Å². The Morgan fingerprint density at radius 2 is 1.96 bits per heavy atom. The first-order chi connectivity index (χ1) is 13.2. The van der Waals surface area contributed by atoms with Crippen molar-refractivity contribution in [1.29, 1.82) is 0 Å². The Bertz CT molecular complexity index is 772. The van der Waals surface area contributed by atoms with Gasteiger partial charge >= 0.3 is 0 Å². The minimum absolute atomic E-state index is 0.0333. The highest BCUT2D eigenvalue weighted by atomic mass is 32.2. The molecular weight excluding hydrogens is 366 g/mol. The zero-order chi connectivity index (χ0) is 20.3. The van der Waals surface area contributed by atoms with Gasteiger partial charge in [-0.25, -0.2) is 9.29 Å². The van der Waals surface area contributed by atoms with Gasteiger partial charge in [0.15, 0.2) is 0 Å². The van der Waals surface area contributed by atoms with E-state index < -0.39 is 0 Å². The minimum Gasteiger partial charge on any atom is -0.381 e. The van der Waals surface area contributed by atoms with Crippen molar-refractivity contribution in [3.8, 4) is 0 Å². The number of rotatable bonds is 7. The summed E-state index contributed by atoms with van der Waals surface area (Å²) in [5.74, 6) is 2.62. The number of imidazole rings is 1. The summed E-state index contributed by atoms with van der Waals surface area (Å²) in [6, 6.07) is 6.80. The summed E-state index contributed by atoms with van der Waals surface area (Å²) in [7, 11) is 2.18. The topological polar surface area (TPSA) is 30.3 Å². The van der Waals surface area contributed by atoms with Crippen LogP contribution in [0, 0.1) is 11.8 Å². The molecule has 2 heterocycles. The highest BCUT2D eigenvalue weighted by Gasteiger charge is 2.25. The number of hydrogen-bond acceptors (Lipinski definition) is 4. The van der Waals surface area contributed by atoms with Crippen molar-refractivity contribution in [1.82, 2.24) is 13.9 Å². The minimum atomic E-state index is 0.0333. The molecule has 3 rings (SSSR count). The number of aromatic nitrogens is 2. The number of ether oxygens (including phenoxy) is 1. The van der Waals surface area contributed by atoms with E-state index in [9.17, 15) is 0 Å². The molecule has 0 spiro atoms. The van der Waals surface area contributed by atoms with Crippen molar-refractivity contribution in [2.24, 2.45) is 11.8 Å². The average Bonchev–Trinajstić information content (AvgIpc) is 2.99. The van der Waals surface area contributed by atoms with E-state index in [0.717, 1.165) is 50.6 Å². The molecule has 156 valence electrons. The van der Waals surface area contributed by atoms with E-state index in [0.29, 0.717) is 5.92 Å². The normalized spacial score (nSPS) is 16.6. The molecule has 4 nitrogen and oxygen atoms in total. The van der Waals surface area contributed by atoms with Gasteiger partial charge in [-0.3, -0.25) is 0 Å². The molecule has 28 heavy (non-hydrogen) atoms. The molecule has 5 heteroatoms. The molecule has 1 aliphatic rings. The summed E-state index contributed by atoms with van der Waals surface area (Å²) in [6.45, 7) is 15.3. The summed E-state index contributed by atoms with van der Waals surface area (Å²) in [5, 5.41) is 0. The van der Waals surface area contributed by atoms with E-state index in [4.69, 9.17) is 9.72 Å². The molecule has 0 saturated carbocycles. The van der Waals surface area contributed by atoms with E-state index in [1.807, 2.05) is 11.9 Å². The number of fused-ring (bicyclic) bond motifs is 1. The van der Waals surface area contributed by atoms with E-state index in [2.05, 4.69) is 68.7 Å². The second kappa shape index (κ2) is 9.19. The molecule has 0 amide bonds. The molecule has 0 N–H and O–H groups in total. The van der Waals surface area contributed by atoms with E-state index in [1.165, 1.54) is 22.7 Å². The van der Waals surface area contributed by atoms with Crippen LogP contribution in [-0.4, -0.2) is 40.7 Å². The molecule has 1 saturated heterocycles. The molecule has 1 aliphatic heterocycles. The Kier molecular flexibility index (Phi) is 7.11. The Labute approximate surface area is 175 Å². The van der Waals surface area contributed by atoms with Crippen molar-refractivity contribution in [3.63, 3.8) is 0 Å². The first kappa shape index (κ1) is 21.7. The van der Waals surface area contributed by atoms with E-state index in [1.54, 1.807) is 0 Å². The number of benzene rings is 1. The maximum atomic E-state index is 5.56. The van der Waals surface area contributed by atoms with Crippen molar-refractivity contribution < 1.29 is 4.74 Å². The Morgan fingerprint density at radius 1 is 1.25 bits per heavy atom. The second-order valence-corrected chi connectivity index (χ2v) is 10.9. The third-order valence-electron chi connectivity index (χ3n) is 5.45. The first-order valence-electron chi connectivity index (χ1n) is 10.7. The van der Waals surface area contributed by atoms with Gasteiger partial charge in [-0.05, 0) is 68.3 Å². The molecule has 0 unspecified atom stereocenters. The molecule has 1 aromatic carbocycles. The summed E-state index contributed by atoms with van der Waals surface area (Å²) in [5.41, 5.74) is 2.43. The number of nitrogens with zero attached hydrogens (tertiary/aromatic N) is 3. The molecular formula is C23H37N3OS. The maximum Gasteiger partial charge on any atom is 0.115 e. The van der Waals surface area contributed by atoms with Gasteiger partial charge < -0.3 is 9.30 Å². The Morgan fingerprint density at radius 3 is 2.61 bits per heavy atom. The van der Waals surface area contributed by atoms with Crippen molar-refractivity contribution in [2.45, 2.75) is 70.7 Å². The van der Waals surface area contributed by atoms with Crippen LogP contribution in [0.2, 0.25) is 0 Å². The zero-order valence-corrected chi connectivity index (χ0v) is 19.3. The summed E-state index contributed by atoms with van der Waals surface area (Å²) in [6.07, 6.45) is 3.52. The summed E-state index contributed by atoms with van der Waals surface area (Å²) >= 11 is 1.83. The second-order valence-electron chi connectivity index (χ2n) is 9.63. The molecule has 0 radical (unpaired) electrons. The fraction of sp³-hybridized carbons (Fsp3) is 0.696. The van der Waals surface area contributed by atoms with E-state index in [-0.39, 0.29) is 5.41 Å². The van der Waals surface area contributed by atoms with Crippen LogP contribution in [0.1, 0.15) is 59.7 Å². The lowest BCUT2D eigenvalue weighted by atomic mass is 9.94.